The van der Waals surface area contributed by atoms with Crippen molar-refractivity contribution in [3.8, 4) is 5.75 Å². The topological polar surface area (TPSA) is 73.1 Å². The maximum Gasteiger partial charge on any atom is 0.204 e. The summed E-state index contributed by atoms with van der Waals surface area (Å²) in [7, 11) is 1.52. The molecule has 1 heterocycles. The molecule has 0 spiro atoms. The van der Waals surface area contributed by atoms with Crippen LogP contribution in [0.15, 0.2) is 33.5 Å². The number of methoxy groups -OCH3 is 1. The summed E-state index contributed by atoms with van der Waals surface area (Å²) in [5.41, 5.74) is 6.56. The van der Waals surface area contributed by atoms with Crippen molar-refractivity contribution in [1.29, 1.82) is 0 Å². The van der Waals surface area contributed by atoms with Gasteiger partial charge in [0.25, 0.3) is 0 Å². The molecule has 5 nitrogen and oxygen atoms in total. The van der Waals surface area contributed by atoms with Gasteiger partial charge in [-0.2, -0.15) is 0 Å². The molecule has 0 bridgehead atoms. The third-order valence-electron chi connectivity index (χ3n) is 2.22. The maximum absolute atomic E-state index is 5.72. The minimum absolute atomic E-state index is 0.293. The van der Waals surface area contributed by atoms with Crippen LogP contribution >= 0.6 is 31.9 Å². The smallest absolute Gasteiger partial charge is 0.204 e. The molecule has 0 fully saturated rings. The summed E-state index contributed by atoms with van der Waals surface area (Å²) in [5, 5.41) is 3.14. The van der Waals surface area contributed by atoms with Gasteiger partial charge in [-0.15, -0.1) is 0 Å². The molecule has 0 aliphatic carbocycles. The number of nitrogens with one attached hydrogen (secondary N) is 1. The van der Waals surface area contributed by atoms with Crippen LogP contribution in [0.5, 0.6) is 5.75 Å². The van der Waals surface area contributed by atoms with Crippen molar-refractivity contribution in [2.45, 2.75) is 0 Å². The summed E-state index contributed by atoms with van der Waals surface area (Å²) in [5.74, 6) is 1.23. The summed E-state index contributed by atoms with van der Waals surface area (Å²) in [6.45, 7) is 0. The fourth-order valence-electron chi connectivity index (χ4n) is 1.40. The van der Waals surface area contributed by atoms with Crippen molar-refractivity contribution in [2.24, 2.45) is 0 Å². The second kappa shape index (κ2) is 5.53. The molecule has 2 rings (SSSR count). The van der Waals surface area contributed by atoms with Crippen molar-refractivity contribution in [1.82, 2.24) is 9.97 Å². The SMILES string of the molecule is COc1c(N)ncnc1Nc1cc(Br)ccc1Br. The molecule has 0 aliphatic rings. The van der Waals surface area contributed by atoms with Crippen LogP contribution in [0.3, 0.4) is 0 Å². The molecule has 7 heteroatoms. The summed E-state index contributed by atoms with van der Waals surface area (Å²) >= 11 is 6.86. The molecule has 18 heavy (non-hydrogen) atoms. The van der Waals surface area contributed by atoms with E-state index in [9.17, 15) is 0 Å². The Morgan fingerprint density at radius 1 is 1.28 bits per heavy atom. The molecule has 0 saturated carbocycles. The average Bonchev–Trinajstić information content (AvgIpc) is 2.34. The monoisotopic (exact) mass is 372 g/mol. The van der Waals surface area contributed by atoms with E-state index in [1.165, 1.54) is 13.4 Å². The van der Waals surface area contributed by atoms with Gasteiger partial charge in [0, 0.05) is 8.95 Å². The quantitative estimate of drug-likeness (QED) is 0.863. The molecular formula is C11H10Br2N4O. The number of benzene rings is 1. The number of nitrogen functional groups attached to an aromatic ring is 1. The molecule has 0 aliphatic heterocycles. The number of anilines is 3. The Bertz CT molecular complexity index is 577. The highest BCUT2D eigenvalue weighted by Crippen LogP contribution is 2.33. The first-order valence-corrected chi connectivity index (χ1v) is 6.57. The number of rotatable bonds is 3. The van der Waals surface area contributed by atoms with Crippen LogP contribution in [0.25, 0.3) is 0 Å². The highest BCUT2D eigenvalue weighted by molar-refractivity contribution is 9.11. The van der Waals surface area contributed by atoms with Gasteiger partial charge in [0.1, 0.15) is 6.33 Å². The van der Waals surface area contributed by atoms with E-state index in [0.717, 1.165) is 14.6 Å². The fraction of sp³-hybridized carbons (Fsp3) is 0.0909. The highest BCUT2D eigenvalue weighted by atomic mass is 79.9. The average molecular weight is 374 g/mol. The lowest BCUT2D eigenvalue weighted by Crippen LogP contribution is -2.03. The lowest BCUT2D eigenvalue weighted by molar-refractivity contribution is 0.415. The minimum Gasteiger partial charge on any atom is -0.490 e. The highest BCUT2D eigenvalue weighted by Gasteiger charge is 2.11. The Kier molecular flexibility index (Phi) is 4.03. The van der Waals surface area contributed by atoms with Crippen LogP contribution in [-0.4, -0.2) is 17.1 Å². The van der Waals surface area contributed by atoms with E-state index in [4.69, 9.17) is 10.5 Å². The van der Waals surface area contributed by atoms with Gasteiger partial charge in [0.05, 0.1) is 12.8 Å². The van der Waals surface area contributed by atoms with Gasteiger partial charge in [-0.3, -0.25) is 0 Å². The van der Waals surface area contributed by atoms with Crippen molar-refractivity contribution in [3.63, 3.8) is 0 Å². The van der Waals surface area contributed by atoms with Gasteiger partial charge in [0.2, 0.25) is 5.75 Å². The summed E-state index contributed by atoms with van der Waals surface area (Å²) in [4.78, 5) is 7.99. The number of hydrogen-bond donors (Lipinski definition) is 2. The molecule has 1 aromatic carbocycles. The Labute approximate surface area is 121 Å². The zero-order valence-corrected chi connectivity index (χ0v) is 12.6. The van der Waals surface area contributed by atoms with Gasteiger partial charge in [-0.25, -0.2) is 9.97 Å². The number of ether oxygens (including phenoxy) is 1. The van der Waals surface area contributed by atoms with E-state index in [-0.39, 0.29) is 0 Å². The van der Waals surface area contributed by atoms with Crippen LogP contribution in [0, 0.1) is 0 Å². The lowest BCUT2D eigenvalue weighted by atomic mass is 10.3. The van der Waals surface area contributed by atoms with E-state index in [1.54, 1.807) is 0 Å². The van der Waals surface area contributed by atoms with Crippen LogP contribution < -0.4 is 15.8 Å². The predicted octanol–water partition coefficient (Wildman–Crippen LogP) is 3.34. The summed E-state index contributed by atoms with van der Waals surface area (Å²) in [6.07, 6.45) is 1.38. The largest absolute Gasteiger partial charge is 0.490 e. The van der Waals surface area contributed by atoms with E-state index in [2.05, 4.69) is 47.1 Å². The van der Waals surface area contributed by atoms with Crippen LogP contribution in [-0.2, 0) is 0 Å². The van der Waals surface area contributed by atoms with Gasteiger partial charge < -0.3 is 15.8 Å². The second-order valence-electron chi connectivity index (χ2n) is 3.39. The number of nitrogens with zero attached hydrogens (tertiary/aromatic N) is 2. The standard InChI is InChI=1S/C11H10Br2N4O/c1-18-9-10(14)15-5-16-11(9)17-8-4-6(12)2-3-7(8)13/h2-5H,1H3,(H3,14,15,16,17). The first kappa shape index (κ1) is 13.1. The van der Waals surface area contributed by atoms with E-state index in [0.29, 0.717) is 17.4 Å². The van der Waals surface area contributed by atoms with Crippen molar-refractivity contribution >= 4 is 49.2 Å². The predicted molar refractivity (Wildman–Crippen MR) is 78.1 cm³/mol. The summed E-state index contributed by atoms with van der Waals surface area (Å²) in [6, 6.07) is 5.77. The molecule has 0 saturated heterocycles. The summed E-state index contributed by atoms with van der Waals surface area (Å²) < 4.78 is 7.04. The molecule has 0 amide bonds. The first-order chi connectivity index (χ1) is 8.61. The number of hydrogen-bond acceptors (Lipinski definition) is 5. The van der Waals surface area contributed by atoms with Crippen LogP contribution in [0.1, 0.15) is 0 Å². The number of aromatic nitrogens is 2. The lowest BCUT2D eigenvalue weighted by Gasteiger charge is -2.12. The van der Waals surface area contributed by atoms with E-state index >= 15 is 0 Å². The zero-order chi connectivity index (χ0) is 13.1. The first-order valence-electron chi connectivity index (χ1n) is 4.98. The molecule has 0 radical (unpaired) electrons. The third-order valence-corrected chi connectivity index (χ3v) is 3.40. The normalized spacial score (nSPS) is 10.2. The molecule has 2 aromatic rings. The van der Waals surface area contributed by atoms with E-state index in [1.807, 2.05) is 18.2 Å². The molecular weight excluding hydrogens is 364 g/mol. The van der Waals surface area contributed by atoms with Crippen molar-refractivity contribution in [3.05, 3.63) is 33.5 Å². The fourth-order valence-corrected chi connectivity index (χ4v) is 2.11. The minimum atomic E-state index is 0.293. The van der Waals surface area contributed by atoms with Gasteiger partial charge in [-0.1, -0.05) is 15.9 Å². The Hall–Kier alpha value is -1.34. The molecule has 0 unspecified atom stereocenters. The maximum atomic E-state index is 5.72. The molecule has 94 valence electrons. The number of halogens is 2. The van der Waals surface area contributed by atoms with Gasteiger partial charge >= 0.3 is 0 Å². The van der Waals surface area contributed by atoms with Gasteiger partial charge in [-0.05, 0) is 34.1 Å². The van der Waals surface area contributed by atoms with Crippen LogP contribution in [0.2, 0.25) is 0 Å². The molecule has 0 atom stereocenters. The van der Waals surface area contributed by atoms with Crippen LogP contribution in [0.4, 0.5) is 17.3 Å². The molecule has 3 N–H and O–H groups in total. The number of nitrogens with two attached hydrogens (primary N) is 1. The van der Waals surface area contributed by atoms with Gasteiger partial charge in [0.15, 0.2) is 11.6 Å². The Balaban J connectivity index is 2.40. The molecule has 1 aromatic heterocycles. The van der Waals surface area contributed by atoms with E-state index < -0.39 is 0 Å². The second-order valence-corrected chi connectivity index (χ2v) is 5.16. The third kappa shape index (κ3) is 2.73. The Morgan fingerprint density at radius 3 is 2.78 bits per heavy atom. The Morgan fingerprint density at radius 2 is 2.06 bits per heavy atom. The zero-order valence-electron chi connectivity index (χ0n) is 9.45. The van der Waals surface area contributed by atoms with Crippen molar-refractivity contribution in [2.75, 3.05) is 18.2 Å². The van der Waals surface area contributed by atoms with Crippen molar-refractivity contribution < 1.29 is 4.74 Å².